The number of ether oxygens (including phenoxy) is 2. The van der Waals surface area contributed by atoms with Crippen molar-refractivity contribution in [2.45, 2.75) is 50.4 Å². The number of nitrogens with zero attached hydrogens (tertiary/aromatic N) is 1. The maximum absolute atomic E-state index is 6.16. The molecule has 18 heavy (non-hydrogen) atoms. The first-order valence-electron chi connectivity index (χ1n) is 7.18. The van der Waals surface area contributed by atoms with Crippen molar-refractivity contribution in [1.82, 2.24) is 4.90 Å². The Morgan fingerprint density at radius 3 is 2.22 bits per heavy atom. The number of methoxy groups -OCH3 is 2. The van der Waals surface area contributed by atoms with Crippen LogP contribution in [-0.2, 0) is 9.47 Å². The van der Waals surface area contributed by atoms with Gasteiger partial charge in [-0.2, -0.15) is 0 Å². The summed E-state index contributed by atoms with van der Waals surface area (Å²) in [5.41, 5.74) is 6.33. The molecule has 106 valence electrons. The monoisotopic (exact) mass is 256 g/mol. The number of hydrogen-bond acceptors (Lipinski definition) is 4. The Labute approximate surface area is 111 Å². The standard InChI is InChI=1S/C14H28N2O2/c1-11-6-4-5-7-14(11,10-15)16-8-12(17-2)13(9-16)18-3/h11-13H,4-10,15H2,1-3H3. The van der Waals surface area contributed by atoms with Crippen molar-refractivity contribution in [3.8, 4) is 0 Å². The van der Waals surface area contributed by atoms with E-state index in [1.165, 1.54) is 25.7 Å². The van der Waals surface area contributed by atoms with Gasteiger partial charge in [-0.05, 0) is 18.8 Å². The van der Waals surface area contributed by atoms with Crippen LogP contribution in [0.2, 0.25) is 0 Å². The lowest BCUT2D eigenvalue weighted by molar-refractivity contribution is -0.00461. The maximum atomic E-state index is 6.16. The van der Waals surface area contributed by atoms with E-state index < -0.39 is 0 Å². The van der Waals surface area contributed by atoms with Crippen molar-refractivity contribution in [2.75, 3.05) is 33.9 Å². The number of rotatable bonds is 4. The van der Waals surface area contributed by atoms with E-state index in [1.807, 2.05) is 0 Å². The van der Waals surface area contributed by atoms with Gasteiger partial charge < -0.3 is 15.2 Å². The molecule has 4 nitrogen and oxygen atoms in total. The van der Waals surface area contributed by atoms with Gasteiger partial charge in [-0.15, -0.1) is 0 Å². The Morgan fingerprint density at radius 1 is 1.17 bits per heavy atom. The van der Waals surface area contributed by atoms with Crippen molar-refractivity contribution in [3.63, 3.8) is 0 Å². The van der Waals surface area contributed by atoms with Crippen LogP contribution in [0.3, 0.4) is 0 Å². The third-order valence-electron chi connectivity index (χ3n) is 5.22. The lowest BCUT2D eigenvalue weighted by atomic mass is 9.72. The molecule has 1 heterocycles. The minimum absolute atomic E-state index is 0.169. The maximum Gasteiger partial charge on any atom is 0.0972 e. The van der Waals surface area contributed by atoms with Gasteiger partial charge in [-0.25, -0.2) is 0 Å². The molecule has 1 saturated carbocycles. The summed E-state index contributed by atoms with van der Waals surface area (Å²) in [7, 11) is 3.55. The van der Waals surface area contributed by atoms with Gasteiger partial charge >= 0.3 is 0 Å². The third kappa shape index (κ3) is 2.31. The fourth-order valence-electron chi connectivity index (χ4n) is 3.86. The van der Waals surface area contributed by atoms with Crippen LogP contribution in [0, 0.1) is 5.92 Å². The molecule has 2 N–H and O–H groups in total. The molecule has 2 rings (SSSR count). The van der Waals surface area contributed by atoms with Crippen LogP contribution in [0.15, 0.2) is 0 Å². The molecule has 4 heteroatoms. The highest BCUT2D eigenvalue weighted by Gasteiger charge is 2.47. The van der Waals surface area contributed by atoms with Gasteiger partial charge in [0.15, 0.2) is 0 Å². The van der Waals surface area contributed by atoms with Crippen molar-refractivity contribution in [3.05, 3.63) is 0 Å². The van der Waals surface area contributed by atoms with Crippen molar-refractivity contribution < 1.29 is 9.47 Å². The molecule has 2 aliphatic rings. The molecule has 4 unspecified atom stereocenters. The SMILES string of the molecule is COC1CN(C2(CN)CCCCC2C)CC1OC. The van der Waals surface area contributed by atoms with Gasteiger partial charge in [0.1, 0.15) is 0 Å². The first-order chi connectivity index (χ1) is 8.67. The van der Waals surface area contributed by atoms with Gasteiger partial charge in [0.25, 0.3) is 0 Å². The summed E-state index contributed by atoms with van der Waals surface area (Å²) in [6.07, 6.45) is 5.53. The van der Waals surface area contributed by atoms with Crippen molar-refractivity contribution in [2.24, 2.45) is 11.7 Å². The van der Waals surface area contributed by atoms with Crippen LogP contribution in [0.5, 0.6) is 0 Å². The predicted octanol–water partition coefficient (Wildman–Crippen LogP) is 1.24. The van der Waals surface area contributed by atoms with Crippen LogP contribution in [0.25, 0.3) is 0 Å². The number of hydrogen-bond donors (Lipinski definition) is 1. The second kappa shape index (κ2) is 5.87. The van der Waals surface area contributed by atoms with E-state index in [2.05, 4.69) is 11.8 Å². The molecule has 1 saturated heterocycles. The average Bonchev–Trinajstić information content (AvgIpc) is 2.83. The lowest BCUT2D eigenvalue weighted by Gasteiger charge is -2.48. The molecule has 1 aliphatic heterocycles. The molecule has 1 aliphatic carbocycles. The Balaban J connectivity index is 2.13. The van der Waals surface area contributed by atoms with Gasteiger partial charge in [0.2, 0.25) is 0 Å². The molecule has 0 amide bonds. The van der Waals surface area contributed by atoms with E-state index in [4.69, 9.17) is 15.2 Å². The summed E-state index contributed by atoms with van der Waals surface area (Å²) in [5.74, 6) is 0.671. The lowest BCUT2D eigenvalue weighted by Crippen LogP contribution is -2.58. The minimum atomic E-state index is 0.169. The molecule has 4 atom stereocenters. The first-order valence-corrected chi connectivity index (χ1v) is 7.18. The van der Waals surface area contributed by atoms with Crippen LogP contribution in [-0.4, -0.2) is 56.5 Å². The summed E-state index contributed by atoms with van der Waals surface area (Å²) in [5, 5.41) is 0. The summed E-state index contributed by atoms with van der Waals surface area (Å²) in [6, 6.07) is 0. The Bertz CT molecular complexity index is 263. The molecule has 0 aromatic rings. The zero-order chi connectivity index (χ0) is 13.2. The fourth-order valence-corrected chi connectivity index (χ4v) is 3.86. The topological polar surface area (TPSA) is 47.7 Å². The largest absolute Gasteiger partial charge is 0.377 e. The molecule has 0 aromatic carbocycles. The van der Waals surface area contributed by atoms with Crippen LogP contribution < -0.4 is 5.73 Å². The number of likely N-dealkylation sites (tertiary alicyclic amines) is 1. The molecule has 0 spiro atoms. The van der Waals surface area contributed by atoms with Crippen LogP contribution in [0.1, 0.15) is 32.6 Å². The van der Waals surface area contributed by atoms with Crippen LogP contribution in [0.4, 0.5) is 0 Å². The zero-order valence-electron chi connectivity index (χ0n) is 12.0. The Kier molecular flexibility index (Phi) is 4.64. The predicted molar refractivity (Wildman–Crippen MR) is 72.6 cm³/mol. The molecular formula is C14H28N2O2. The van der Waals surface area contributed by atoms with E-state index in [0.29, 0.717) is 5.92 Å². The highest BCUT2D eigenvalue weighted by atomic mass is 16.5. The van der Waals surface area contributed by atoms with E-state index >= 15 is 0 Å². The quantitative estimate of drug-likeness (QED) is 0.822. The van der Waals surface area contributed by atoms with Gasteiger partial charge in [0.05, 0.1) is 12.2 Å². The highest BCUT2D eigenvalue weighted by molar-refractivity contribution is 5.03. The van der Waals surface area contributed by atoms with Gasteiger partial charge in [-0.1, -0.05) is 19.8 Å². The van der Waals surface area contributed by atoms with E-state index in [-0.39, 0.29) is 17.7 Å². The highest BCUT2D eigenvalue weighted by Crippen LogP contribution is 2.40. The Morgan fingerprint density at radius 2 is 1.78 bits per heavy atom. The fraction of sp³-hybridized carbons (Fsp3) is 1.00. The summed E-state index contributed by atoms with van der Waals surface area (Å²) in [4.78, 5) is 2.54. The van der Waals surface area contributed by atoms with Crippen molar-refractivity contribution in [1.29, 1.82) is 0 Å². The van der Waals surface area contributed by atoms with Gasteiger partial charge in [0, 0.05) is 39.4 Å². The average molecular weight is 256 g/mol. The third-order valence-corrected chi connectivity index (χ3v) is 5.22. The van der Waals surface area contributed by atoms with Crippen molar-refractivity contribution >= 4 is 0 Å². The molecule has 2 fully saturated rings. The van der Waals surface area contributed by atoms with E-state index in [0.717, 1.165) is 19.6 Å². The number of nitrogens with two attached hydrogens (primary N) is 1. The van der Waals surface area contributed by atoms with E-state index in [9.17, 15) is 0 Å². The molecule has 0 radical (unpaired) electrons. The first kappa shape index (κ1) is 14.3. The molecule has 0 bridgehead atoms. The summed E-state index contributed by atoms with van der Waals surface area (Å²) in [6.45, 7) is 5.02. The molecular weight excluding hydrogens is 228 g/mol. The second-order valence-electron chi connectivity index (χ2n) is 5.91. The summed E-state index contributed by atoms with van der Waals surface area (Å²) >= 11 is 0. The Hall–Kier alpha value is -0.160. The van der Waals surface area contributed by atoms with Gasteiger partial charge in [-0.3, -0.25) is 4.90 Å². The van der Waals surface area contributed by atoms with Crippen LogP contribution >= 0.6 is 0 Å². The molecule has 0 aromatic heterocycles. The zero-order valence-corrected chi connectivity index (χ0v) is 12.0. The van der Waals surface area contributed by atoms with E-state index in [1.54, 1.807) is 14.2 Å². The second-order valence-corrected chi connectivity index (χ2v) is 5.91. The smallest absolute Gasteiger partial charge is 0.0972 e. The normalized spacial score (nSPS) is 42.3. The minimum Gasteiger partial charge on any atom is -0.377 e. The summed E-state index contributed by atoms with van der Waals surface area (Å²) < 4.78 is 11.1.